The monoisotopic (exact) mass is 159 g/mol. The van der Waals surface area contributed by atoms with Gasteiger partial charge in [-0.1, -0.05) is 6.07 Å². The van der Waals surface area contributed by atoms with Crippen LogP contribution < -0.4 is 5.32 Å². The van der Waals surface area contributed by atoms with Crippen LogP contribution in [0.2, 0.25) is 0 Å². The lowest BCUT2D eigenvalue weighted by molar-refractivity contribution is 0.382. The lowest BCUT2D eigenvalue weighted by atomic mass is 10.00. The van der Waals surface area contributed by atoms with Crippen molar-refractivity contribution < 1.29 is 0 Å². The predicted octanol–water partition coefficient (Wildman–Crippen LogP) is 0.988. The zero-order valence-electron chi connectivity index (χ0n) is 6.62. The minimum absolute atomic E-state index is 0.463. The number of nitriles is 1. The number of pyridine rings is 1. The van der Waals surface area contributed by atoms with Gasteiger partial charge in [-0.3, -0.25) is 0 Å². The Morgan fingerprint density at radius 3 is 2.83 bits per heavy atom. The third-order valence-electron chi connectivity index (χ3n) is 2.13. The standard InChI is InChI=1S/C9H9N3/c10-5-8-2-1-7(6-12-8)9-3-4-11-9/h1-2,6,9,11H,3-4H2. The Labute approximate surface area is 71.0 Å². The largest absolute Gasteiger partial charge is 0.310 e. The Bertz CT molecular complexity index is 306. The molecule has 0 radical (unpaired) electrons. The molecule has 0 aliphatic carbocycles. The van der Waals surface area contributed by atoms with Crippen molar-refractivity contribution in [1.82, 2.24) is 10.3 Å². The van der Waals surface area contributed by atoms with Gasteiger partial charge in [0.2, 0.25) is 0 Å². The molecule has 0 amide bonds. The highest BCUT2D eigenvalue weighted by atomic mass is 15.0. The number of nitrogens with zero attached hydrogens (tertiary/aromatic N) is 2. The van der Waals surface area contributed by atoms with Crippen molar-refractivity contribution in [2.75, 3.05) is 6.54 Å². The molecule has 1 unspecified atom stereocenters. The fourth-order valence-electron chi connectivity index (χ4n) is 1.25. The quantitative estimate of drug-likeness (QED) is 0.664. The Kier molecular flexibility index (Phi) is 1.77. The van der Waals surface area contributed by atoms with E-state index in [4.69, 9.17) is 5.26 Å². The van der Waals surface area contributed by atoms with Crippen molar-refractivity contribution in [1.29, 1.82) is 5.26 Å². The van der Waals surface area contributed by atoms with Gasteiger partial charge in [0.1, 0.15) is 11.8 Å². The molecule has 1 aliphatic rings. The van der Waals surface area contributed by atoms with Gasteiger partial charge in [-0.2, -0.15) is 5.26 Å². The molecule has 1 saturated heterocycles. The lowest BCUT2D eigenvalue weighted by Crippen LogP contribution is -2.34. The van der Waals surface area contributed by atoms with Gasteiger partial charge in [0.15, 0.2) is 0 Å². The maximum atomic E-state index is 8.51. The molecule has 60 valence electrons. The van der Waals surface area contributed by atoms with Crippen molar-refractivity contribution >= 4 is 0 Å². The fraction of sp³-hybridized carbons (Fsp3) is 0.333. The molecule has 1 aromatic rings. The van der Waals surface area contributed by atoms with Crippen molar-refractivity contribution in [3.8, 4) is 6.07 Å². The van der Waals surface area contributed by atoms with E-state index in [-0.39, 0.29) is 0 Å². The van der Waals surface area contributed by atoms with Crippen LogP contribution in [0.15, 0.2) is 18.3 Å². The molecule has 2 heterocycles. The summed E-state index contributed by atoms with van der Waals surface area (Å²) in [6.45, 7) is 1.09. The molecule has 3 heteroatoms. The van der Waals surface area contributed by atoms with Crippen LogP contribution >= 0.6 is 0 Å². The SMILES string of the molecule is N#Cc1ccc(C2CCN2)cn1. The zero-order chi connectivity index (χ0) is 8.39. The van der Waals surface area contributed by atoms with E-state index >= 15 is 0 Å². The maximum absolute atomic E-state index is 8.51. The van der Waals surface area contributed by atoms with Gasteiger partial charge in [0.25, 0.3) is 0 Å². The third-order valence-corrected chi connectivity index (χ3v) is 2.13. The Morgan fingerprint density at radius 2 is 2.42 bits per heavy atom. The van der Waals surface area contributed by atoms with E-state index in [9.17, 15) is 0 Å². The smallest absolute Gasteiger partial charge is 0.140 e. The molecule has 1 aliphatic heterocycles. The van der Waals surface area contributed by atoms with Crippen LogP contribution in [0, 0.1) is 11.3 Å². The molecule has 2 rings (SSSR count). The molecule has 1 atom stereocenters. The molecule has 1 aromatic heterocycles. The average Bonchev–Trinajstić information content (AvgIpc) is 2.03. The first-order valence-corrected chi connectivity index (χ1v) is 3.99. The normalized spacial score (nSPS) is 21.1. The highest BCUT2D eigenvalue weighted by molar-refractivity contribution is 5.25. The van der Waals surface area contributed by atoms with Crippen LogP contribution in [-0.2, 0) is 0 Å². The summed E-state index contributed by atoms with van der Waals surface area (Å²) in [5.41, 5.74) is 1.67. The van der Waals surface area contributed by atoms with Crippen molar-refractivity contribution in [3.63, 3.8) is 0 Å². The van der Waals surface area contributed by atoms with Crippen molar-refractivity contribution in [2.45, 2.75) is 12.5 Å². The summed E-state index contributed by atoms with van der Waals surface area (Å²) >= 11 is 0. The van der Waals surface area contributed by atoms with Gasteiger partial charge in [0, 0.05) is 12.2 Å². The first-order valence-electron chi connectivity index (χ1n) is 3.99. The van der Waals surface area contributed by atoms with Crippen molar-refractivity contribution in [3.05, 3.63) is 29.6 Å². The third kappa shape index (κ3) is 1.17. The van der Waals surface area contributed by atoms with E-state index in [1.807, 2.05) is 12.1 Å². The van der Waals surface area contributed by atoms with Gasteiger partial charge in [0.05, 0.1) is 0 Å². The van der Waals surface area contributed by atoms with Crippen LogP contribution in [-0.4, -0.2) is 11.5 Å². The van der Waals surface area contributed by atoms with Gasteiger partial charge >= 0.3 is 0 Å². The van der Waals surface area contributed by atoms with Gasteiger partial charge in [-0.05, 0) is 24.6 Å². The van der Waals surface area contributed by atoms with Gasteiger partial charge < -0.3 is 5.32 Å². The summed E-state index contributed by atoms with van der Waals surface area (Å²) in [5.74, 6) is 0. The van der Waals surface area contributed by atoms with E-state index in [2.05, 4.69) is 10.3 Å². The minimum atomic E-state index is 0.463. The maximum Gasteiger partial charge on any atom is 0.140 e. The summed E-state index contributed by atoms with van der Waals surface area (Å²) in [5, 5.41) is 11.8. The second-order valence-corrected chi connectivity index (χ2v) is 2.88. The summed E-state index contributed by atoms with van der Waals surface area (Å²) < 4.78 is 0. The predicted molar refractivity (Wildman–Crippen MR) is 44.3 cm³/mol. The van der Waals surface area contributed by atoms with Gasteiger partial charge in [-0.15, -0.1) is 0 Å². The molecule has 0 spiro atoms. The van der Waals surface area contributed by atoms with E-state index in [1.165, 1.54) is 12.0 Å². The molecule has 0 aromatic carbocycles. The van der Waals surface area contributed by atoms with Gasteiger partial charge in [-0.25, -0.2) is 4.98 Å². The van der Waals surface area contributed by atoms with E-state index in [0.29, 0.717) is 11.7 Å². The summed E-state index contributed by atoms with van der Waals surface area (Å²) in [4.78, 5) is 4.00. The van der Waals surface area contributed by atoms with E-state index in [1.54, 1.807) is 12.3 Å². The number of hydrogen-bond donors (Lipinski definition) is 1. The van der Waals surface area contributed by atoms with Crippen LogP contribution in [0.4, 0.5) is 0 Å². The molecule has 3 nitrogen and oxygen atoms in total. The first-order chi connectivity index (χ1) is 5.90. The second kappa shape index (κ2) is 2.92. The van der Waals surface area contributed by atoms with Crippen LogP contribution in [0.1, 0.15) is 23.7 Å². The number of nitrogens with one attached hydrogen (secondary N) is 1. The molecule has 12 heavy (non-hydrogen) atoms. The molecule has 0 bridgehead atoms. The Hall–Kier alpha value is -1.40. The molecule has 1 fully saturated rings. The van der Waals surface area contributed by atoms with Crippen LogP contribution in [0.25, 0.3) is 0 Å². The Balaban J connectivity index is 2.19. The highest BCUT2D eigenvalue weighted by Crippen LogP contribution is 2.21. The topological polar surface area (TPSA) is 48.7 Å². The molecule has 0 saturated carbocycles. The molecular weight excluding hydrogens is 150 g/mol. The minimum Gasteiger partial charge on any atom is -0.310 e. The fourth-order valence-corrected chi connectivity index (χ4v) is 1.25. The Morgan fingerprint density at radius 1 is 1.58 bits per heavy atom. The number of rotatable bonds is 1. The second-order valence-electron chi connectivity index (χ2n) is 2.88. The number of hydrogen-bond acceptors (Lipinski definition) is 3. The first kappa shape index (κ1) is 7.26. The molecular formula is C9H9N3. The lowest BCUT2D eigenvalue weighted by Gasteiger charge is -2.27. The number of aromatic nitrogens is 1. The molecule has 1 N–H and O–H groups in total. The highest BCUT2D eigenvalue weighted by Gasteiger charge is 2.18. The van der Waals surface area contributed by atoms with E-state index in [0.717, 1.165) is 6.54 Å². The summed E-state index contributed by atoms with van der Waals surface area (Å²) in [6.07, 6.45) is 2.95. The van der Waals surface area contributed by atoms with Crippen molar-refractivity contribution in [2.24, 2.45) is 0 Å². The van der Waals surface area contributed by atoms with E-state index < -0.39 is 0 Å². The van der Waals surface area contributed by atoms with Crippen LogP contribution in [0.5, 0.6) is 0 Å². The zero-order valence-corrected chi connectivity index (χ0v) is 6.62. The van der Waals surface area contributed by atoms with Crippen LogP contribution in [0.3, 0.4) is 0 Å². The average molecular weight is 159 g/mol. The summed E-state index contributed by atoms with van der Waals surface area (Å²) in [6, 6.07) is 6.18. The summed E-state index contributed by atoms with van der Waals surface area (Å²) in [7, 11) is 0.